The van der Waals surface area contributed by atoms with Gasteiger partial charge in [0.2, 0.25) is 0 Å². The molecule has 17 heavy (non-hydrogen) atoms. The van der Waals surface area contributed by atoms with Gasteiger partial charge in [-0.3, -0.25) is 9.59 Å². The van der Waals surface area contributed by atoms with Crippen molar-refractivity contribution in [2.45, 2.75) is 6.42 Å². The predicted octanol–water partition coefficient (Wildman–Crippen LogP) is 0.677. The molecule has 2 rings (SSSR count). The normalized spacial score (nSPS) is 19.4. The summed E-state index contributed by atoms with van der Waals surface area (Å²) in [6.07, 6.45) is 0.474. The van der Waals surface area contributed by atoms with Gasteiger partial charge in [-0.05, 0) is 18.6 Å². The van der Waals surface area contributed by atoms with Crippen LogP contribution in [0, 0.1) is 5.92 Å². The molecule has 0 aromatic carbocycles. The number of aliphatic carboxylic acids is 1. The number of carbonyl (C=O) groups is 2. The SMILES string of the molecule is O=C(O)C1CCN(C(=O)c2ccc(Cl)nn2)C1. The van der Waals surface area contributed by atoms with Gasteiger partial charge in [0.1, 0.15) is 0 Å². The Hall–Kier alpha value is -1.69. The summed E-state index contributed by atoms with van der Waals surface area (Å²) < 4.78 is 0. The van der Waals surface area contributed by atoms with E-state index in [0.29, 0.717) is 13.0 Å². The Balaban J connectivity index is 2.07. The van der Waals surface area contributed by atoms with E-state index in [9.17, 15) is 9.59 Å². The highest BCUT2D eigenvalue weighted by Gasteiger charge is 2.31. The molecule has 0 spiro atoms. The molecule has 1 aliphatic rings. The maximum atomic E-state index is 11.9. The van der Waals surface area contributed by atoms with Crippen LogP contribution in [0.3, 0.4) is 0 Å². The summed E-state index contributed by atoms with van der Waals surface area (Å²) in [7, 11) is 0. The van der Waals surface area contributed by atoms with Crippen LogP contribution >= 0.6 is 11.6 Å². The fourth-order valence-electron chi connectivity index (χ4n) is 1.74. The highest BCUT2D eigenvalue weighted by Crippen LogP contribution is 2.18. The van der Waals surface area contributed by atoms with Gasteiger partial charge in [0.25, 0.3) is 5.91 Å². The van der Waals surface area contributed by atoms with Crippen molar-refractivity contribution in [2.75, 3.05) is 13.1 Å². The van der Waals surface area contributed by atoms with Crippen molar-refractivity contribution < 1.29 is 14.7 Å². The number of rotatable bonds is 2. The monoisotopic (exact) mass is 255 g/mol. The van der Waals surface area contributed by atoms with E-state index in [1.165, 1.54) is 17.0 Å². The van der Waals surface area contributed by atoms with Crippen LogP contribution < -0.4 is 0 Å². The standard InChI is InChI=1S/C10H10ClN3O3/c11-8-2-1-7(12-13-8)9(15)14-4-3-6(5-14)10(16)17/h1-2,6H,3-5H2,(H,16,17). The Morgan fingerprint density at radius 3 is 2.71 bits per heavy atom. The zero-order valence-corrected chi connectivity index (χ0v) is 9.59. The van der Waals surface area contributed by atoms with Crippen LogP contribution in [0.2, 0.25) is 5.15 Å². The zero-order valence-electron chi connectivity index (χ0n) is 8.84. The molecular formula is C10H10ClN3O3. The van der Waals surface area contributed by atoms with Crippen molar-refractivity contribution in [1.82, 2.24) is 15.1 Å². The number of likely N-dealkylation sites (tertiary alicyclic amines) is 1. The Morgan fingerprint density at radius 1 is 1.41 bits per heavy atom. The maximum absolute atomic E-state index is 11.9. The molecule has 0 aliphatic carbocycles. The average Bonchev–Trinajstić information content (AvgIpc) is 2.78. The molecule has 1 aromatic rings. The second-order valence-corrected chi connectivity index (χ2v) is 4.20. The predicted molar refractivity (Wildman–Crippen MR) is 58.7 cm³/mol. The summed E-state index contributed by atoms with van der Waals surface area (Å²) in [5.74, 6) is -1.67. The molecule has 1 saturated heterocycles. The number of amides is 1. The molecule has 2 heterocycles. The molecule has 1 aliphatic heterocycles. The van der Waals surface area contributed by atoms with Crippen LogP contribution in [-0.2, 0) is 4.79 Å². The minimum Gasteiger partial charge on any atom is -0.481 e. The second-order valence-electron chi connectivity index (χ2n) is 3.82. The fourth-order valence-corrected chi connectivity index (χ4v) is 1.84. The third kappa shape index (κ3) is 2.52. The third-order valence-corrected chi connectivity index (χ3v) is 2.88. The van der Waals surface area contributed by atoms with E-state index in [1.807, 2.05) is 0 Å². The number of halogens is 1. The first kappa shape index (κ1) is 11.8. The lowest BCUT2D eigenvalue weighted by atomic mass is 10.1. The van der Waals surface area contributed by atoms with Gasteiger partial charge in [-0.2, -0.15) is 0 Å². The summed E-state index contributed by atoms with van der Waals surface area (Å²) in [5.41, 5.74) is 0.181. The average molecular weight is 256 g/mol. The minimum atomic E-state index is -0.873. The summed E-state index contributed by atoms with van der Waals surface area (Å²) in [6, 6.07) is 2.96. The Morgan fingerprint density at radius 2 is 2.18 bits per heavy atom. The molecule has 7 heteroatoms. The quantitative estimate of drug-likeness (QED) is 0.840. The number of carboxylic acids is 1. The molecule has 0 bridgehead atoms. The number of hydrogen-bond donors (Lipinski definition) is 1. The molecule has 1 aromatic heterocycles. The van der Waals surface area contributed by atoms with E-state index in [-0.39, 0.29) is 23.3 Å². The summed E-state index contributed by atoms with van der Waals surface area (Å²) in [6.45, 7) is 0.651. The number of carbonyl (C=O) groups excluding carboxylic acids is 1. The van der Waals surface area contributed by atoms with Gasteiger partial charge in [-0.1, -0.05) is 11.6 Å². The second kappa shape index (κ2) is 4.67. The Bertz CT molecular complexity index is 449. The van der Waals surface area contributed by atoms with Gasteiger partial charge in [-0.15, -0.1) is 10.2 Å². The molecule has 1 unspecified atom stereocenters. The molecule has 6 nitrogen and oxygen atoms in total. The summed E-state index contributed by atoms with van der Waals surface area (Å²) in [4.78, 5) is 24.2. The molecule has 0 radical (unpaired) electrons. The van der Waals surface area contributed by atoms with Crippen LogP contribution in [0.15, 0.2) is 12.1 Å². The van der Waals surface area contributed by atoms with Crippen molar-refractivity contribution in [3.8, 4) is 0 Å². The molecule has 0 saturated carbocycles. The molecule has 1 N–H and O–H groups in total. The lowest BCUT2D eigenvalue weighted by molar-refractivity contribution is -0.141. The van der Waals surface area contributed by atoms with E-state index in [0.717, 1.165) is 0 Å². The van der Waals surface area contributed by atoms with Gasteiger partial charge in [-0.25, -0.2) is 0 Å². The Labute approximate surface area is 102 Å². The van der Waals surface area contributed by atoms with Crippen LogP contribution in [0.4, 0.5) is 0 Å². The maximum Gasteiger partial charge on any atom is 0.308 e. The summed E-state index contributed by atoms with van der Waals surface area (Å²) in [5, 5.41) is 16.3. The Kier molecular flexibility index (Phi) is 3.23. The van der Waals surface area contributed by atoms with Crippen LogP contribution in [-0.4, -0.2) is 45.2 Å². The largest absolute Gasteiger partial charge is 0.481 e. The third-order valence-electron chi connectivity index (χ3n) is 2.68. The highest BCUT2D eigenvalue weighted by atomic mass is 35.5. The molecular weight excluding hydrogens is 246 g/mol. The minimum absolute atomic E-state index is 0.181. The van der Waals surface area contributed by atoms with Gasteiger partial charge in [0, 0.05) is 13.1 Å². The van der Waals surface area contributed by atoms with Gasteiger partial charge in [0.15, 0.2) is 10.8 Å². The van der Waals surface area contributed by atoms with Crippen molar-refractivity contribution in [1.29, 1.82) is 0 Å². The van der Waals surface area contributed by atoms with Gasteiger partial charge >= 0.3 is 5.97 Å². The van der Waals surface area contributed by atoms with E-state index in [1.54, 1.807) is 0 Å². The smallest absolute Gasteiger partial charge is 0.308 e. The van der Waals surface area contributed by atoms with Crippen LogP contribution in [0.1, 0.15) is 16.9 Å². The van der Waals surface area contributed by atoms with Gasteiger partial charge < -0.3 is 10.0 Å². The van der Waals surface area contributed by atoms with E-state index in [4.69, 9.17) is 16.7 Å². The molecule has 1 fully saturated rings. The van der Waals surface area contributed by atoms with Crippen molar-refractivity contribution in [3.63, 3.8) is 0 Å². The molecule has 90 valence electrons. The lowest BCUT2D eigenvalue weighted by Crippen LogP contribution is -2.30. The zero-order chi connectivity index (χ0) is 12.4. The van der Waals surface area contributed by atoms with Crippen molar-refractivity contribution in [2.24, 2.45) is 5.92 Å². The summed E-state index contributed by atoms with van der Waals surface area (Å²) >= 11 is 5.56. The van der Waals surface area contributed by atoms with E-state index < -0.39 is 11.9 Å². The number of carboxylic acid groups (broad SMARTS) is 1. The van der Waals surface area contributed by atoms with Crippen LogP contribution in [0.25, 0.3) is 0 Å². The van der Waals surface area contributed by atoms with Gasteiger partial charge in [0.05, 0.1) is 5.92 Å². The number of hydrogen-bond acceptors (Lipinski definition) is 4. The number of nitrogens with zero attached hydrogens (tertiary/aromatic N) is 3. The topological polar surface area (TPSA) is 83.4 Å². The number of aromatic nitrogens is 2. The van der Waals surface area contributed by atoms with E-state index in [2.05, 4.69) is 10.2 Å². The highest BCUT2D eigenvalue weighted by molar-refractivity contribution is 6.29. The molecule has 1 amide bonds. The van der Waals surface area contributed by atoms with Crippen LogP contribution in [0.5, 0.6) is 0 Å². The first-order valence-corrected chi connectivity index (χ1v) is 5.47. The van der Waals surface area contributed by atoms with Crippen molar-refractivity contribution >= 4 is 23.5 Å². The first-order valence-electron chi connectivity index (χ1n) is 5.09. The lowest BCUT2D eigenvalue weighted by Gasteiger charge is -2.14. The molecule has 1 atom stereocenters. The fraction of sp³-hybridized carbons (Fsp3) is 0.400. The van der Waals surface area contributed by atoms with Crippen molar-refractivity contribution in [3.05, 3.63) is 23.0 Å². The van der Waals surface area contributed by atoms with E-state index >= 15 is 0 Å². The first-order chi connectivity index (χ1) is 8.08.